The highest BCUT2D eigenvalue weighted by Crippen LogP contribution is 2.35. The molecule has 26 heavy (non-hydrogen) atoms. The van der Waals surface area contributed by atoms with E-state index < -0.39 is 0 Å². The molecule has 1 unspecified atom stereocenters. The van der Waals surface area contributed by atoms with E-state index in [0.29, 0.717) is 5.71 Å². The van der Waals surface area contributed by atoms with Gasteiger partial charge in [0.05, 0.1) is 5.71 Å². The number of nitrogens with one attached hydrogen (secondary N) is 1. The predicted molar refractivity (Wildman–Crippen MR) is 112 cm³/mol. The van der Waals surface area contributed by atoms with E-state index in [2.05, 4.69) is 60.3 Å². The summed E-state index contributed by atoms with van der Waals surface area (Å²) in [5.74, 6) is 0.229. The summed E-state index contributed by atoms with van der Waals surface area (Å²) in [4.78, 5) is 4.29. The molecule has 134 valence electrons. The molecular formula is C23H27N3. The van der Waals surface area contributed by atoms with E-state index in [-0.39, 0.29) is 5.92 Å². The topological polar surface area (TPSA) is 30.3 Å². The number of hydrogen-bond donors (Lipinski definition) is 1. The van der Waals surface area contributed by atoms with Crippen LogP contribution in [-0.4, -0.2) is 45.3 Å². The van der Waals surface area contributed by atoms with Crippen LogP contribution in [-0.2, 0) is 0 Å². The first-order valence-corrected chi connectivity index (χ1v) is 8.95. The van der Waals surface area contributed by atoms with Crippen molar-refractivity contribution < 1.29 is 0 Å². The van der Waals surface area contributed by atoms with Crippen LogP contribution in [0.25, 0.3) is 0 Å². The molecule has 1 N–H and O–H groups in total. The second kappa shape index (κ2) is 7.71. The lowest BCUT2D eigenvalue weighted by Crippen LogP contribution is -2.19. The van der Waals surface area contributed by atoms with Gasteiger partial charge in [-0.1, -0.05) is 54.6 Å². The van der Waals surface area contributed by atoms with Crippen molar-refractivity contribution in [2.75, 3.05) is 39.6 Å². The third kappa shape index (κ3) is 3.78. The Morgan fingerprint density at radius 3 is 2.38 bits per heavy atom. The molecule has 0 aromatic heterocycles. The van der Waals surface area contributed by atoms with Crippen LogP contribution < -0.4 is 4.90 Å². The highest BCUT2D eigenvalue weighted by molar-refractivity contribution is 6.12. The lowest BCUT2D eigenvalue weighted by molar-refractivity contribution is 0.439. The molecule has 0 saturated carbocycles. The molecule has 1 aliphatic rings. The Morgan fingerprint density at radius 1 is 1.00 bits per heavy atom. The maximum absolute atomic E-state index is 8.85. The quantitative estimate of drug-likeness (QED) is 0.791. The molecule has 2 aromatic rings. The Labute approximate surface area is 156 Å². The SMILES string of the molecule is CN(C)CC1=CC=CC1c1ccc(N(C)C)cc1C(=N)c1ccccc1. The van der Waals surface area contributed by atoms with Crippen molar-refractivity contribution in [3.63, 3.8) is 0 Å². The van der Waals surface area contributed by atoms with Crippen molar-refractivity contribution in [2.45, 2.75) is 5.92 Å². The first kappa shape index (κ1) is 18.2. The van der Waals surface area contributed by atoms with Gasteiger partial charge in [-0.3, -0.25) is 5.41 Å². The second-order valence-corrected chi connectivity index (χ2v) is 7.25. The molecule has 1 atom stereocenters. The van der Waals surface area contributed by atoms with Crippen LogP contribution in [0.15, 0.2) is 72.3 Å². The zero-order valence-electron chi connectivity index (χ0n) is 16.0. The van der Waals surface area contributed by atoms with Crippen molar-refractivity contribution in [3.8, 4) is 0 Å². The van der Waals surface area contributed by atoms with Gasteiger partial charge in [0.1, 0.15) is 0 Å². The smallest absolute Gasteiger partial charge is 0.0688 e. The van der Waals surface area contributed by atoms with Crippen molar-refractivity contribution in [1.29, 1.82) is 5.41 Å². The molecule has 0 radical (unpaired) electrons. The van der Waals surface area contributed by atoms with Gasteiger partial charge in [-0.25, -0.2) is 0 Å². The van der Waals surface area contributed by atoms with E-state index in [1.165, 1.54) is 11.1 Å². The Bertz CT molecular complexity index is 845. The van der Waals surface area contributed by atoms with Crippen molar-refractivity contribution >= 4 is 11.4 Å². The minimum absolute atomic E-state index is 0.229. The number of benzene rings is 2. The molecule has 0 amide bonds. The highest BCUT2D eigenvalue weighted by Gasteiger charge is 2.23. The third-order valence-corrected chi connectivity index (χ3v) is 4.73. The molecule has 3 rings (SSSR count). The lowest BCUT2D eigenvalue weighted by atomic mass is 9.86. The zero-order chi connectivity index (χ0) is 18.7. The van der Waals surface area contributed by atoms with Crippen molar-refractivity contribution in [1.82, 2.24) is 4.90 Å². The molecule has 0 fully saturated rings. The standard InChI is InChI=1S/C23H27N3/c1-25(2)16-18-11-8-12-20(18)21-14-13-19(26(3)4)15-22(21)23(24)17-9-6-5-7-10-17/h5-15,20,24H,16H2,1-4H3. The number of rotatable bonds is 6. The Hall–Kier alpha value is -2.65. The van der Waals surface area contributed by atoms with E-state index in [9.17, 15) is 0 Å². The maximum Gasteiger partial charge on any atom is 0.0688 e. The Balaban J connectivity index is 2.07. The van der Waals surface area contributed by atoms with E-state index in [1.807, 2.05) is 44.4 Å². The van der Waals surface area contributed by atoms with Gasteiger partial charge in [0, 0.05) is 43.4 Å². The first-order valence-electron chi connectivity index (χ1n) is 8.95. The van der Waals surface area contributed by atoms with E-state index in [0.717, 1.165) is 23.4 Å². The number of hydrogen-bond acceptors (Lipinski definition) is 3. The van der Waals surface area contributed by atoms with Crippen molar-refractivity contribution in [3.05, 3.63) is 89.0 Å². The molecule has 0 saturated heterocycles. The summed E-state index contributed by atoms with van der Waals surface area (Å²) in [6.07, 6.45) is 6.59. The number of likely N-dealkylation sites (N-methyl/N-ethyl adjacent to an activating group) is 1. The summed E-state index contributed by atoms with van der Waals surface area (Å²) in [7, 11) is 8.27. The Kier molecular flexibility index (Phi) is 5.38. The molecule has 2 aromatic carbocycles. The molecule has 0 spiro atoms. The third-order valence-electron chi connectivity index (χ3n) is 4.73. The average Bonchev–Trinajstić information content (AvgIpc) is 3.08. The fourth-order valence-corrected chi connectivity index (χ4v) is 3.41. The lowest BCUT2D eigenvalue weighted by Gasteiger charge is -2.23. The summed E-state index contributed by atoms with van der Waals surface area (Å²) in [5.41, 5.74) is 6.22. The monoisotopic (exact) mass is 345 g/mol. The average molecular weight is 345 g/mol. The highest BCUT2D eigenvalue weighted by atomic mass is 15.1. The molecule has 0 aliphatic heterocycles. The largest absolute Gasteiger partial charge is 0.378 e. The van der Waals surface area contributed by atoms with E-state index >= 15 is 0 Å². The van der Waals surface area contributed by atoms with Gasteiger partial charge in [0.15, 0.2) is 0 Å². The number of nitrogens with zero attached hydrogens (tertiary/aromatic N) is 2. The van der Waals surface area contributed by atoms with Crippen molar-refractivity contribution in [2.24, 2.45) is 0 Å². The minimum atomic E-state index is 0.229. The van der Waals surface area contributed by atoms with Crippen LogP contribution in [0.1, 0.15) is 22.6 Å². The van der Waals surface area contributed by atoms with Gasteiger partial charge in [-0.15, -0.1) is 0 Å². The normalized spacial score (nSPS) is 16.0. The van der Waals surface area contributed by atoms with Gasteiger partial charge in [0.2, 0.25) is 0 Å². The summed E-state index contributed by atoms with van der Waals surface area (Å²) in [5, 5.41) is 8.85. The van der Waals surface area contributed by atoms with Crippen LogP contribution in [0.2, 0.25) is 0 Å². The van der Waals surface area contributed by atoms with Crippen LogP contribution in [0.3, 0.4) is 0 Å². The van der Waals surface area contributed by atoms with Gasteiger partial charge >= 0.3 is 0 Å². The molecule has 0 bridgehead atoms. The molecule has 1 aliphatic carbocycles. The fourth-order valence-electron chi connectivity index (χ4n) is 3.41. The summed E-state index contributed by atoms with van der Waals surface area (Å²) in [6, 6.07) is 16.5. The molecule has 0 heterocycles. The van der Waals surface area contributed by atoms with Crippen LogP contribution in [0.4, 0.5) is 5.69 Å². The number of allylic oxidation sites excluding steroid dienone is 3. The molecule has 3 heteroatoms. The minimum Gasteiger partial charge on any atom is -0.378 e. The summed E-state index contributed by atoms with van der Waals surface area (Å²) >= 11 is 0. The van der Waals surface area contributed by atoms with Crippen LogP contribution in [0, 0.1) is 5.41 Å². The Morgan fingerprint density at radius 2 is 1.73 bits per heavy atom. The van der Waals surface area contributed by atoms with Gasteiger partial charge in [-0.05, 0) is 37.4 Å². The fraction of sp³-hybridized carbons (Fsp3) is 0.261. The van der Waals surface area contributed by atoms with Crippen LogP contribution >= 0.6 is 0 Å². The predicted octanol–water partition coefficient (Wildman–Crippen LogP) is 4.31. The molecular weight excluding hydrogens is 318 g/mol. The summed E-state index contributed by atoms with van der Waals surface area (Å²) in [6.45, 7) is 0.922. The second-order valence-electron chi connectivity index (χ2n) is 7.25. The van der Waals surface area contributed by atoms with E-state index in [1.54, 1.807) is 0 Å². The summed E-state index contributed by atoms with van der Waals surface area (Å²) < 4.78 is 0. The van der Waals surface area contributed by atoms with Gasteiger partial charge < -0.3 is 9.80 Å². The van der Waals surface area contributed by atoms with Crippen LogP contribution in [0.5, 0.6) is 0 Å². The first-order chi connectivity index (χ1) is 12.5. The molecule has 3 nitrogen and oxygen atoms in total. The number of anilines is 1. The van der Waals surface area contributed by atoms with Gasteiger partial charge in [-0.2, -0.15) is 0 Å². The maximum atomic E-state index is 8.85. The van der Waals surface area contributed by atoms with Gasteiger partial charge in [0.25, 0.3) is 0 Å². The van der Waals surface area contributed by atoms with E-state index in [4.69, 9.17) is 5.41 Å². The zero-order valence-corrected chi connectivity index (χ0v) is 16.0.